The summed E-state index contributed by atoms with van der Waals surface area (Å²) in [5.41, 5.74) is 2.73. The summed E-state index contributed by atoms with van der Waals surface area (Å²) in [6.45, 7) is 4.34. The first-order valence-corrected chi connectivity index (χ1v) is 12.5. The van der Waals surface area contributed by atoms with Crippen molar-refractivity contribution in [2.45, 2.75) is 55.7 Å². The molecule has 0 saturated heterocycles. The Bertz CT molecular complexity index is 655. The lowest BCUT2D eigenvalue weighted by molar-refractivity contribution is 0.0933. The number of thioether (sulfide) groups is 2. The molecule has 2 saturated carbocycles. The van der Waals surface area contributed by atoms with Gasteiger partial charge in [-0.05, 0) is 93.9 Å². The summed E-state index contributed by atoms with van der Waals surface area (Å²) in [7, 11) is 0. The van der Waals surface area contributed by atoms with Crippen molar-refractivity contribution in [1.29, 1.82) is 0 Å². The third-order valence-electron chi connectivity index (χ3n) is 6.73. The zero-order valence-electron chi connectivity index (χ0n) is 16.7. The third kappa shape index (κ3) is 5.15. The molecule has 0 aliphatic heterocycles. The molecule has 4 atom stereocenters. The standard InChI is InChI=1S/C25H32S2/c1-18-3-11-24(12-4-18)26-16-22-9-7-21-15-20(22)8-10-23(21)17-27-25-13-5-19(2)6-14-25/h3-6,11-14,20-23H,7-10,15-17H2,1-2H3/t20-,21+,22-,23+. The van der Waals surface area contributed by atoms with Crippen molar-refractivity contribution in [1.82, 2.24) is 0 Å². The van der Waals surface area contributed by atoms with E-state index in [9.17, 15) is 0 Å². The monoisotopic (exact) mass is 396 g/mol. The van der Waals surface area contributed by atoms with Crippen molar-refractivity contribution < 1.29 is 0 Å². The Morgan fingerprint density at radius 3 is 1.44 bits per heavy atom. The summed E-state index contributed by atoms with van der Waals surface area (Å²) in [5.74, 6) is 6.51. The van der Waals surface area contributed by atoms with E-state index < -0.39 is 0 Å². The van der Waals surface area contributed by atoms with Crippen LogP contribution in [0.1, 0.15) is 43.2 Å². The third-order valence-corrected chi connectivity index (χ3v) is 9.13. The second-order valence-electron chi connectivity index (χ2n) is 8.68. The Morgan fingerprint density at radius 1 is 0.630 bits per heavy atom. The van der Waals surface area contributed by atoms with Gasteiger partial charge in [0.1, 0.15) is 0 Å². The Hall–Kier alpha value is -0.860. The summed E-state index contributed by atoms with van der Waals surface area (Å²) in [4.78, 5) is 2.90. The highest BCUT2D eigenvalue weighted by Crippen LogP contribution is 2.48. The normalized spacial score (nSPS) is 27.5. The number of rotatable bonds is 6. The van der Waals surface area contributed by atoms with Crippen LogP contribution in [0.25, 0.3) is 0 Å². The molecule has 2 bridgehead atoms. The molecule has 2 fully saturated rings. The van der Waals surface area contributed by atoms with Gasteiger partial charge in [0.05, 0.1) is 0 Å². The molecule has 0 radical (unpaired) electrons. The molecule has 144 valence electrons. The van der Waals surface area contributed by atoms with Gasteiger partial charge in [0.25, 0.3) is 0 Å². The number of fused-ring (bicyclic) bond motifs is 2. The molecule has 2 heteroatoms. The number of hydrogen-bond acceptors (Lipinski definition) is 2. The van der Waals surface area contributed by atoms with Gasteiger partial charge in [-0.3, -0.25) is 0 Å². The van der Waals surface area contributed by atoms with Gasteiger partial charge < -0.3 is 0 Å². The van der Waals surface area contributed by atoms with Gasteiger partial charge >= 0.3 is 0 Å². The molecule has 4 rings (SSSR count). The Balaban J connectivity index is 1.25. The number of aryl methyl sites for hydroxylation is 2. The molecule has 0 N–H and O–H groups in total. The molecular formula is C25H32S2. The quantitative estimate of drug-likeness (QED) is 0.460. The van der Waals surface area contributed by atoms with E-state index in [-0.39, 0.29) is 0 Å². The van der Waals surface area contributed by atoms with Gasteiger partial charge in [0, 0.05) is 21.3 Å². The molecular weight excluding hydrogens is 364 g/mol. The van der Waals surface area contributed by atoms with E-state index in [0.29, 0.717) is 0 Å². The van der Waals surface area contributed by atoms with Crippen LogP contribution in [0.15, 0.2) is 58.3 Å². The Labute approximate surface area is 173 Å². The van der Waals surface area contributed by atoms with Gasteiger partial charge in [0.2, 0.25) is 0 Å². The molecule has 2 aromatic rings. The summed E-state index contributed by atoms with van der Waals surface area (Å²) in [5, 5.41) is 0. The molecule has 2 aliphatic carbocycles. The van der Waals surface area contributed by atoms with Crippen LogP contribution >= 0.6 is 23.5 Å². The van der Waals surface area contributed by atoms with Crippen molar-refractivity contribution in [3.8, 4) is 0 Å². The first-order chi connectivity index (χ1) is 13.2. The first-order valence-electron chi connectivity index (χ1n) is 10.6. The minimum atomic E-state index is 0.943. The average Bonchev–Trinajstić information content (AvgIpc) is 2.69. The van der Waals surface area contributed by atoms with Crippen molar-refractivity contribution in [2.75, 3.05) is 11.5 Å². The molecule has 27 heavy (non-hydrogen) atoms. The van der Waals surface area contributed by atoms with Gasteiger partial charge in [-0.25, -0.2) is 0 Å². The predicted octanol–water partition coefficient (Wildman–Crippen LogP) is 7.63. The van der Waals surface area contributed by atoms with Gasteiger partial charge in [0.15, 0.2) is 0 Å². The van der Waals surface area contributed by atoms with E-state index in [1.807, 2.05) is 0 Å². The lowest BCUT2D eigenvalue weighted by Crippen LogP contribution is -2.36. The second-order valence-corrected chi connectivity index (χ2v) is 10.9. The van der Waals surface area contributed by atoms with Crippen LogP contribution in [0, 0.1) is 37.5 Å². The summed E-state index contributed by atoms with van der Waals surface area (Å²) in [6, 6.07) is 18.2. The highest BCUT2D eigenvalue weighted by molar-refractivity contribution is 7.99. The second kappa shape index (κ2) is 9.09. The average molecular weight is 397 g/mol. The largest absolute Gasteiger partial charge is 0.126 e. The molecule has 0 aromatic heterocycles. The minimum absolute atomic E-state index is 0.943. The minimum Gasteiger partial charge on any atom is -0.126 e. The zero-order valence-corrected chi connectivity index (χ0v) is 18.3. The summed E-state index contributed by atoms with van der Waals surface area (Å²) in [6.07, 6.45) is 7.35. The molecule has 0 unspecified atom stereocenters. The number of hydrogen-bond donors (Lipinski definition) is 0. The highest BCUT2D eigenvalue weighted by Gasteiger charge is 2.38. The van der Waals surface area contributed by atoms with Crippen LogP contribution in [-0.4, -0.2) is 11.5 Å². The summed E-state index contributed by atoms with van der Waals surface area (Å²) >= 11 is 4.17. The van der Waals surface area contributed by atoms with Crippen LogP contribution in [-0.2, 0) is 0 Å². The maximum Gasteiger partial charge on any atom is 0.00722 e. The maximum atomic E-state index is 2.30. The van der Waals surface area contributed by atoms with Crippen LogP contribution in [0.5, 0.6) is 0 Å². The predicted molar refractivity (Wildman–Crippen MR) is 121 cm³/mol. The van der Waals surface area contributed by atoms with Crippen molar-refractivity contribution >= 4 is 23.5 Å². The maximum absolute atomic E-state index is 2.30. The van der Waals surface area contributed by atoms with Gasteiger partial charge in [-0.15, -0.1) is 23.5 Å². The molecule has 0 nitrogen and oxygen atoms in total. The van der Waals surface area contributed by atoms with E-state index in [4.69, 9.17) is 0 Å². The van der Waals surface area contributed by atoms with Crippen molar-refractivity contribution in [3.05, 3.63) is 59.7 Å². The Morgan fingerprint density at radius 2 is 1.04 bits per heavy atom. The zero-order chi connectivity index (χ0) is 18.6. The molecule has 2 aliphatic rings. The fourth-order valence-electron chi connectivity index (χ4n) is 4.92. The van der Waals surface area contributed by atoms with E-state index in [1.165, 1.54) is 64.5 Å². The van der Waals surface area contributed by atoms with Crippen LogP contribution in [0.4, 0.5) is 0 Å². The number of benzene rings is 2. The first kappa shape index (κ1) is 19.5. The SMILES string of the molecule is Cc1ccc(SC[C@H]2CC[C@H]3C[C@H]2CC[C@H]3CSc2ccc(C)cc2)cc1. The van der Waals surface area contributed by atoms with E-state index in [2.05, 4.69) is 85.9 Å². The Kier molecular flexibility index (Phi) is 6.55. The topological polar surface area (TPSA) is 0 Å². The molecule has 0 heterocycles. The van der Waals surface area contributed by atoms with Crippen LogP contribution in [0.2, 0.25) is 0 Å². The fraction of sp³-hybridized carbons (Fsp3) is 0.520. The molecule has 0 amide bonds. The van der Waals surface area contributed by atoms with Crippen LogP contribution < -0.4 is 0 Å². The van der Waals surface area contributed by atoms with Gasteiger partial charge in [-0.2, -0.15) is 0 Å². The summed E-state index contributed by atoms with van der Waals surface area (Å²) < 4.78 is 0. The highest BCUT2D eigenvalue weighted by atomic mass is 32.2. The van der Waals surface area contributed by atoms with E-state index >= 15 is 0 Å². The fourth-order valence-corrected chi connectivity index (χ4v) is 7.27. The van der Waals surface area contributed by atoms with Crippen molar-refractivity contribution in [2.24, 2.45) is 23.7 Å². The van der Waals surface area contributed by atoms with Gasteiger partial charge in [-0.1, -0.05) is 35.4 Å². The van der Waals surface area contributed by atoms with E-state index in [1.54, 1.807) is 0 Å². The molecule has 2 aromatic carbocycles. The lowest BCUT2D eigenvalue weighted by Gasteiger charge is -2.44. The van der Waals surface area contributed by atoms with Crippen LogP contribution in [0.3, 0.4) is 0 Å². The smallest absolute Gasteiger partial charge is 0.00722 e. The lowest BCUT2D eigenvalue weighted by atomic mass is 9.63. The molecule has 0 spiro atoms. The van der Waals surface area contributed by atoms with E-state index in [0.717, 1.165) is 23.7 Å². The van der Waals surface area contributed by atoms with Crippen molar-refractivity contribution in [3.63, 3.8) is 0 Å².